The van der Waals surface area contributed by atoms with Gasteiger partial charge < -0.3 is 25.5 Å². The van der Waals surface area contributed by atoms with Crippen molar-refractivity contribution in [2.24, 2.45) is 0 Å². The van der Waals surface area contributed by atoms with Gasteiger partial charge in [0.15, 0.2) is 0 Å². The van der Waals surface area contributed by atoms with Crippen LogP contribution in [0, 0.1) is 0 Å². The summed E-state index contributed by atoms with van der Waals surface area (Å²) >= 11 is 0. The number of phenols is 1. The van der Waals surface area contributed by atoms with Gasteiger partial charge in [0.1, 0.15) is 18.4 Å². The molecular weight excluding hydrogens is 382 g/mol. The number of ether oxygens (including phenoxy) is 1. The first kappa shape index (κ1) is 21.0. The molecule has 0 aliphatic heterocycles. The minimum absolute atomic E-state index is 0.0983. The molecule has 0 aliphatic carbocycles. The largest absolute Gasteiger partial charge is 0.508 e. The van der Waals surface area contributed by atoms with E-state index in [4.69, 9.17) is 4.74 Å². The Balaban J connectivity index is 1.76. The quantitative estimate of drug-likeness (QED) is 0.333. The number of hydrogen-bond acceptors (Lipinski definition) is 4. The maximum Gasteiger partial charge on any atom is 0.408 e. The number of para-hydroxylation sites is 1. The van der Waals surface area contributed by atoms with Crippen LogP contribution in [0.5, 0.6) is 5.75 Å². The zero-order chi connectivity index (χ0) is 21.5. The summed E-state index contributed by atoms with van der Waals surface area (Å²) in [5, 5.41) is 15.8. The predicted molar refractivity (Wildman–Crippen MR) is 116 cm³/mol. The van der Waals surface area contributed by atoms with Gasteiger partial charge in [-0.1, -0.05) is 31.7 Å². The number of hydrogen-bond donors (Lipinski definition) is 4. The van der Waals surface area contributed by atoms with E-state index in [0.717, 1.165) is 22.0 Å². The molecule has 1 heterocycles. The number of H-pyrrole nitrogens is 1. The second-order valence-corrected chi connectivity index (χ2v) is 6.98. The Labute approximate surface area is 174 Å². The van der Waals surface area contributed by atoms with Gasteiger partial charge in [-0.3, -0.25) is 4.79 Å². The molecule has 0 radical (unpaired) electrons. The van der Waals surface area contributed by atoms with Crippen molar-refractivity contribution in [3.05, 3.63) is 72.4 Å². The third-order valence-corrected chi connectivity index (χ3v) is 4.75. The number of phenolic OH excluding ortho intramolecular Hbond substituents is 1. The minimum Gasteiger partial charge on any atom is -0.508 e. The highest BCUT2D eigenvalue weighted by Gasteiger charge is 2.23. The van der Waals surface area contributed by atoms with E-state index in [0.29, 0.717) is 12.1 Å². The number of aromatic hydroxyl groups is 1. The topological polar surface area (TPSA) is 103 Å². The molecule has 0 saturated carbocycles. The third kappa shape index (κ3) is 5.41. The van der Waals surface area contributed by atoms with Crippen molar-refractivity contribution in [2.75, 3.05) is 11.9 Å². The van der Waals surface area contributed by atoms with Crippen molar-refractivity contribution in [3.63, 3.8) is 0 Å². The zero-order valence-corrected chi connectivity index (χ0v) is 16.8. The molecule has 0 aliphatic rings. The molecule has 1 unspecified atom stereocenters. The van der Waals surface area contributed by atoms with Crippen molar-refractivity contribution in [3.8, 4) is 5.75 Å². The lowest BCUT2D eigenvalue weighted by molar-refractivity contribution is -0.118. The predicted octanol–water partition coefficient (Wildman–Crippen LogP) is 4.12. The van der Waals surface area contributed by atoms with Crippen LogP contribution in [0.1, 0.15) is 18.9 Å². The Morgan fingerprint density at radius 1 is 1.17 bits per heavy atom. The van der Waals surface area contributed by atoms with E-state index in [-0.39, 0.29) is 18.8 Å². The zero-order valence-electron chi connectivity index (χ0n) is 16.8. The van der Waals surface area contributed by atoms with Gasteiger partial charge in [-0.2, -0.15) is 0 Å². The number of rotatable bonds is 8. The lowest BCUT2D eigenvalue weighted by atomic mass is 10.0. The van der Waals surface area contributed by atoms with E-state index in [1.54, 1.807) is 12.1 Å². The molecule has 2 amide bonds. The Kier molecular flexibility index (Phi) is 6.75. The van der Waals surface area contributed by atoms with Crippen molar-refractivity contribution >= 4 is 28.6 Å². The average Bonchev–Trinajstić information content (AvgIpc) is 3.16. The summed E-state index contributed by atoms with van der Waals surface area (Å²) in [7, 11) is 0. The molecule has 3 aromatic rings. The fraction of sp³-hybridized carbons (Fsp3) is 0.217. The molecule has 30 heavy (non-hydrogen) atoms. The van der Waals surface area contributed by atoms with Crippen LogP contribution < -0.4 is 10.6 Å². The maximum absolute atomic E-state index is 12.9. The molecule has 7 nitrogen and oxygen atoms in total. The van der Waals surface area contributed by atoms with E-state index in [1.165, 1.54) is 12.1 Å². The number of benzene rings is 2. The summed E-state index contributed by atoms with van der Waals surface area (Å²) in [6, 6.07) is 13.0. The van der Waals surface area contributed by atoms with Crippen LogP contribution in [0.3, 0.4) is 0 Å². The Morgan fingerprint density at radius 2 is 1.90 bits per heavy atom. The molecule has 1 atom stereocenters. The van der Waals surface area contributed by atoms with Gasteiger partial charge in [0.05, 0.1) is 0 Å². The van der Waals surface area contributed by atoms with Gasteiger partial charge >= 0.3 is 6.09 Å². The van der Waals surface area contributed by atoms with Crippen LogP contribution >= 0.6 is 0 Å². The number of aromatic nitrogens is 1. The highest BCUT2D eigenvalue weighted by molar-refractivity contribution is 5.97. The first-order valence-electron chi connectivity index (χ1n) is 9.71. The first-order valence-corrected chi connectivity index (χ1v) is 9.71. The van der Waals surface area contributed by atoms with Crippen LogP contribution in [0.15, 0.2) is 66.9 Å². The van der Waals surface area contributed by atoms with Gasteiger partial charge in [0.25, 0.3) is 0 Å². The Morgan fingerprint density at radius 3 is 2.63 bits per heavy atom. The molecule has 2 aromatic carbocycles. The number of carbonyl (C=O) groups excluding carboxylic acids is 2. The van der Waals surface area contributed by atoms with Gasteiger partial charge in [0, 0.05) is 29.2 Å². The Hall–Kier alpha value is -3.74. The van der Waals surface area contributed by atoms with Crippen molar-refractivity contribution < 1.29 is 19.4 Å². The summed E-state index contributed by atoms with van der Waals surface area (Å²) < 4.78 is 5.18. The number of alkyl carbamates (subject to hydrolysis) is 1. The van der Waals surface area contributed by atoms with Crippen LogP contribution in [-0.4, -0.2) is 34.7 Å². The van der Waals surface area contributed by atoms with Crippen molar-refractivity contribution in [2.45, 2.75) is 25.8 Å². The molecule has 0 fully saturated rings. The molecule has 0 spiro atoms. The fourth-order valence-electron chi connectivity index (χ4n) is 2.96. The number of amides is 2. The average molecular weight is 407 g/mol. The van der Waals surface area contributed by atoms with Crippen LogP contribution in [0.25, 0.3) is 10.9 Å². The number of carbonyl (C=O) groups is 2. The number of fused-ring (bicyclic) bond motifs is 1. The van der Waals surface area contributed by atoms with Crippen molar-refractivity contribution in [1.29, 1.82) is 0 Å². The summed E-state index contributed by atoms with van der Waals surface area (Å²) in [6.07, 6.45) is 2.12. The number of nitrogens with one attached hydrogen (secondary N) is 3. The SMILES string of the molecule is C=C(CC)COC(=O)NC(Cc1c[nH]c2ccccc12)C(=O)Nc1ccc(O)cc1. The standard InChI is InChI=1S/C23H25N3O4/c1-3-15(2)14-30-23(29)26-21(22(28)25-17-8-10-18(27)11-9-17)12-16-13-24-20-7-5-4-6-19(16)20/h4-11,13,21,24,27H,2-3,12,14H2,1H3,(H,25,28)(H,26,29). The third-order valence-electron chi connectivity index (χ3n) is 4.75. The van der Waals surface area contributed by atoms with Crippen molar-refractivity contribution in [1.82, 2.24) is 10.3 Å². The number of aromatic amines is 1. The summed E-state index contributed by atoms with van der Waals surface area (Å²) in [5.74, 6) is -0.293. The van der Waals surface area contributed by atoms with Gasteiger partial charge in [-0.25, -0.2) is 4.79 Å². The van der Waals surface area contributed by atoms with Crippen LogP contribution in [0.4, 0.5) is 10.5 Å². The van der Waals surface area contributed by atoms with Crippen LogP contribution in [-0.2, 0) is 16.0 Å². The fourth-order valence-corrected chi connectivity index (χ4v) is 2.96. The highest BCUT2D eigenvalue weighted by Crippen LogP contribution is 2.20. The lowest BCUT2D eigenvalue weighted by Crippen LogP contribution is -2.45. The highest BCUT2D eigenvalue weighted by atomic mass is 16.5. The smallest absolute Gasteiger partial charge is 0.408 e. The monoisotopic (exact) mass is 407 g/mol. The number of anilines is 1. The second-order valence-electron chi connectivity index (χ2n) is 6.98. The normalized spacial score (nSPS) is 11.6. The summed E-state index contributed by atoms with van der Waals surface area (Å²) in [4.78, 5) is 28.4. The second kappa shape index (κ2) is 9.65. The Bertz CT molecular complexity index is 1040. The summed E-state index contributed by atoms with van der Waals surface area (Å²) in [5.41, 5.74) is 3.14. The minimum atomic E-state index is -0.861. The summed E-state index contributed by atoms with van der Waals surface area (Å²) in [6.45, 7) is 5.83. The molecular formula is C23H25N3O4. The van der Waals surface area contributed by atoms with Crippen LogP contribution in [0.2, 0.25) is 0 Å². The van der Waals surface area contributed by atoms with Gasteiger partial charge in [-0.15, -0.1) is 0 Å². The van der Waals surface area contributed by atoms with Gasteiger partial charge in [-0.05, 0) is 47.9 Å². The van der Waals surface area contributed by atoms with E-state index >= 15 is 0 Å². The van der Waals surface area contributed by atoms with E-state index < -0.39 is 18.0 Å². The van der Waals surface area contributed by atoms with Gasteiger partial charge in [0.2, 0.25) is 5.91 Å². The first-order chi connectivity index (χ1) is 14.5. The molecule has 1 aromatic heterocycles. The van der Waals surface area contributed by atoms with E-state index in [1.807, 2.05) is 37.4 Å². The molecule has 4 N–H and O–H groups in total. The van der Waals surface area contributed by atoms with E-state index in [9.17, 15) is 14.7 Å². The molecule has 7 heteroatoms. The molecule has 156 valence electrons. The van der Waals surface area contributed by atoms with E-state index in [2.05, 4.69) is 22.2 Å². The lowest BCUT2D eigenvalue weighted by Gasteiger charge is -2.18. The molecule has 0 saturated heterocycles. The molecule has 0 bridgehead atoms. The molecule has 3 rings (SSSR count). The maximum atomic E-state index is 12.9.